The van der Waals surface area contributed by atoms with Crippen molar-refractivity contribution in [3.8, 4) is 5.75 Å². The second-order valence-corrected chi connectivity index (χ2v) is 4.41. The summed E-state index contributed by atoms with van der Waals surface area (Å²) in [5.41, 5.74) is 1.88. The van der Waals surface area contributed by atoms with Crippen LogP contribution >= 0.6 is 0 Å². The molecular formula is C15H11N3O3. The fourth-order valence-corrected chi connectivity index (χ4v) is 1.93. The number of anilines is 2. The van der Waals surface area contributed by atoms with Crippen molar-refractivity contribution in [2.45, 2.75) is 0 Å². The van der Waals surface area contributed by atoms with Crippen LogP contribution < -0.4 is 5.32 Å². The Bertz CT molecular complexity index is 833. The number of phenols is 1. The summed E-state index contributed by atoms with van der Waals surface area (Å²) < 4.78 is 0. The molecule has 0 atom stereocenters. The van der Waals surface area contributed by atoms with Gasteiger partial charge in [0.15, 0.2) is 0 Å². The summed E-state index contributed by atoms with van der Waals surface area (Å²) >= 11 is 0. The van der Waals surface area contributed by atoms with Crippen LogP contribution in [-0.2, 0) is 0 Å². The van der Waals surface area contributed by atoms with Gasteiger partial charge in [-0.1, -0.05) is 12.1 Å². The van der Waals surface area contributed by atoms with Crippen molar-refractivity contribution in [1.82, 2.24) is 9.97 Å². The minimum Gasteiger partial charge on any atom is -0.506 e. The molecule has 0 bridgehead atoms. The van der Waals surface area contributed by atoms with E-state index in [1.165, 1.54) is 18.2 Å². The van der Waals surface area contributed by atoms with Gasteiger partial charge in [0, 0.05) is 0 Å². The number of rotatable bonds is 3. The lowest BCUT2D eigenvalue weighted by Crippen LogP contribution is -1.99. The maximum absolute atomic E-state index is 10.8. The van der Waals surface area contributed by atoms with Crippen molar-refractivity contribution in [3.05, 3.63) is 54.2 Å². The number of carboxylic acid groups (broad SMARTS) is 1. The van der Waals surface area contributed by atoms with E-state index in [-0.39, 0.29) is 11.3 Å². The van der Waals surface area contributed by atoms with Crippen molar-refractivity contribution >= 4 is 28.5 Å². The van der Waals surface area contributed by atoms with Gasteiger partial charge in [-0.05, 0) is 30.3 Å². The number of aromatic carboxylic acids is 1. The molecule has 0 aliphatic heterocycles. The predicted molar refractivity (Wildman–Crippen MR) is 77.9 cm³/mol. The Morgan fingerprint density at radius 3 is 2.57 bits per heavy atom. The average Bonchev–Trinajstić information content (AvgIpc) is 2.49. The quantitative estimate of drug-likeness (QED) is 0.639. The molecule has 1 heterocycles. The van der Waals surface area contributed by atoms with Crippen LogP contribution in [0, 0.1) is 0 Å². The minimum absolute atomic E-state index is 0.0163. The fraction of sp³-hybridized carbons (Fsp3) is 0. The first-order valence-electron chi connectivity index (χ1n) is 6.18. The number of benzene rings is 2. The van der Waals surface area contributed by atoms with Crippen LogP contribution in [0.3, 0.4) is 0 Å². The Balaban J connectivity index is 1.93. The number of hydrogen-bond acceptors (Lipinski definition) is 5. The number of phenolic OH excluding ortho intramolecular Hbond substituents is 1. The molecule has 6 nitrogen and oxygen atoms in total. The Kier molecular flexibility index (Phi) is 3.12. The van der Waals surface area contributed by atoms with Gasteiger partial charge >= 0.3 is 5.97 Å². The molecule has 0 amide bonds. The lowest BCUT2D eigenvalue weighted by atomic mass is 10.2. The van der Waals surface area contributed by atoms with Gasteiger partial charge in [-0.3, -0.25) is 4.98 Å². The Hall–Kier alpha value is -3.15. The van der Waals surface area contributed by atoms with Crippen LogP contribution in [0.4, 0.5) is 11.5 Å². The molecule has 3 aromatic rings. The van der Waals surface area contributed by atoms with Crippen LogP contribution in [-0.4, -0.2) is 26.2 Å². The minimum atomic E-state index is -1.10. The third-order valence-electron chi connectivity index (χ3n) is 2.96. The van der Waals surface area contributed by atoms with E-state index >= 15 is 0 Å². The van der Waals surface area contributed by atoms with Crippen LogP contribution in [0.1, 0.15) is 10.4 Å². The molecule has 0 fully saturated rings. The summed E-state index contributed by atoms with van der Waals surface area (Å²) in [4.78, 5) is 19.4. The number of aromatic hydroxyl groups is 1. The van der Waals surface area contributed by atoms with Crippen molar-refractivity contribution in [3.63, 3.8) is 0 Å². The van der Waals surface area contributed by atoms with Gasteiger partial charge in [-0.15, -0.1) is 0 Å². The zero-order valence-electron chi connectivity index (χ0n) is 10.8. The van der Waals surface area contributed by atoms with Gasteiger partial charge in [0.05, 0.1) is 28.5 Å². The van der Waals surface area contributed by atoms with E-state index in [0.29, 0.717) is 11.5 Å². The first-order valence-corrected chi connectivity index (χ1v) is 6.18. The average molecular weight is 281 g/mol. The van der Waals surface area contributed by atoms with Crippen molar-refractivity contribution < 1.29 is 15.0 Å². The second-order valence-electron chi connectivity index (χ2n) is 4.41. The summed E-state index contributed by atoms with van der Waals surface area (Å²) in [6, 6.07) is 11.5. The Labute approximate surface area is 119 Å². The van der Waals surface area contributed by atoms with E-state index < -0.39 is 5.97 Å². The zero-order chi connectivity index (χ0) is 14.8. The predicted octanol–water partition coefficient (Wildman–Crippen LogP) is 2.78. The van der Waals surface area contributed by atoms with Crippen molar-refractivity contribution in [1.29, 1.82) is 0 Å². The molecule has 0 spiro atoms. The summed E-state index contributed by atoms with van der Waals surface area (Å²) in [5, 5.41) is 21.6. The summed E-state index contributed by atoms with van der Waals surface area (Å²) in [5.74, 6) is -0.792. The molecule has 3 N–H and O–H groups in total. The summed E-state index contributed by atoms with van der Waals surface area (Å²) in [7, 11) is 0. The van der Waals surface area contributed by atoms with Gasteiger partial charge in [-0.25, -0.2) is 9.78 Å². The lowest BCUT2D eigenvalue weighted by Gasteiger charge is -2.08. The lowest BCUT2D eigenvalue weighted by molar-refractivity contribution is 0.0696. The number of carboxylic acids is 1. The molecule has 0 saturated heterocycles. The van der Waals surface area contributed by atoms with E-state index in [4.69, 9.17) is 5.11 Å². The van der Waals surface area contributed by atoms with E-state index in [2.05, 4.69) is 15.3 Å². The Morgan fingerprint density at radius 1 is 1.10 bits per heavy atom. The normalized spacial score (nSPS) is 10.5. The first-order chi connectivity index (χ1) is 10.1. The molecule has 104 valence electrons. The number of hydrogen-bond donors (Lipinski definition) is 3. The number of aromatic nitrogens is 2. The van der Waals surface area contributed by atoms with Gasteiger partial charge in [0.1, 0.15) is 11.6 Å². The third-order valence-corrected chi connectivity index (χ3v) is 2.96. The summed E-state index contributed by atoms with van der Waals surface area (Å²) in [6.45, 7) is 0. The first kappa shape index (κ1) is 12.9. The van der Waals surface area contributed by atoms with E-state index in [1.807, 2.05) is 24.3 Å². The maximum atomic E-state index is 10.8. The highest BCUT2D eigenvalue weighted by Crippen LogP contribution is 2.27. The van der Waals surface area contributed by atoms with Crippen LogP contribution in [0.25, 0.3) is 11.0 Å². The Morgan fingerprint density at radius 2 is 1.86 bits per heavy atom. The zero-order valence-corrected chi connectivity index (χ0v) is 10.8. The van der Waals surface area contributed by atoms with E-state index in [1.54, 1.807) is 6.20 Å². The van der Waals surface area contributed by atoms with E-state index in [0.717, 1.165) is 11.0 Å². The monoisotopic (exact) mass is 281 g/mol. The highest BCUT2D eigenvalue weighted by Gasteiger charge is 2.08. The van der Waals surface area contributed by atoms with Crippen LogP contribution in [0.2, 0.25) is 0 Å². The summed E-state index contributed by atoms with van der Waals surface area (Å²) in [6.07, 6.45) is 1.55. The molecule has 0 saturated carbocycles. The standard InChI is InChI=1S/C15H11N3O3/c19-13-7-9(15(20)21)5-6-12(13)18-14-8-16-10-3-1-2-4-11(10)17-14/h1-8,19H,(H,17,18)(H,20,21). The molecule has 21 heavy (non-hydrogen) atoms. The van der Waals surface area contributed by atoms with E-state index in [9.17, 15) is 9.90 Å². The fourth-order valence-electron chi connectivity index (χ4n) is 1.93. The molecular weight excluding hydrogens is 270 g/mol. The van der Waals surface area contributed by atoms with Gasteiger partial charge in [-0.2, -0.15) is 0 Å². The molecule has 0 unspecified atom stereocenters. The maximum Gasteiger partial charge on any atom is 0.335 e. The molecule has 0 aliphatic carbocycles. The molecule has 0 radical (unpaired) electrons. The van der Waals surface area contributed by atoms with Crippen LogP contribution in [0.15, 0.2) is 48.7 Å². The number of nitrogens with one attached hydrogen (secondary N) is 1. The van der Waals surface area contributed by atoms with Gasteiger partial charge in [0.25, 0.3) is 0 Å². The van der Waals surface area contributed by atoms with Gasteiger partial charge < -0.3 is 15.5 Å². The third kappa shape index (κ3) is 2.59. The molecule has 1 aromatic heterocycles. The number of fused-ring (bicyclic) bond motifs is 1. The SMILES string of the molecule is O=C(O)c1ccc(Nc2cnc3ccccc3n2)c(O)c1. The molecule has 0 aliphatic rings. The van der Waals surface area contributed by atoms with Crippen LogP contribution in [0.5, 0.6) is 5.75 Å². The smallest absolute Gasteiger partial charge is 0.335 e. The van der Waals surface area contributed by atoms with Gasteiger partial charge in [0.2, 0.25) is 0 Å². The van der Waals surface area contributed by atoms with Crippen molar-refractivity contribution in [2.24, 2.45) is 0 Å². The topological polar surface area (TPSA) is 95.3 Å². The number of nitrogens with zero attached hydrogens (tertiary/aromatic N) is 2. The highest BCUT2D eigenvalue weighted by molar-refractivity contribution is 5.89. The van der Waals surface area contributed by atoms with Crippen molar-refractivity contribution in [2.75, 3.05) is 5.32 Å². The molecule has 2 aromatic carbocycles. The largest absolute Gasteiger partial charge is 0.506 e. The second kappa shape index (κ2) is 5.09. The highest BCUT2D eigenvalue weighted by atomic mass is 16.4. The number of carbonyl (C=O) groups is 1. The number of para-hydroxylation sites is 2. The molecule has 6 heteroatoms. The molecule has 3 rings (SSSR count).